The van der Waals surface area contributed by atoms with Crippen LogP contribution in [0.1, 0.15) is 16.7 Å². The van der Waals surface area contributed by atoms with Crippen molar-refractivity contribution in [3.05, 3.63) is 53.2 Å². The van der Waals surface area contributed by atoms with Crippen LogP contribution in [0.5, 0.6) is 11.6 Å². The smallest absolute Gasteiger partial charge is 0.218 e. The molecule has 1 aromatic heterocycles. The number of aliphatic imine (C=N–C) groups is 1. The number of aromatic nitrogens is 1. The minimum absolute atomic E-state index is 0.451. The Hall–Kier alpha value is -2.84. The molecular formula is C22H32N4O4. The molecule has 164 valence electrons. The second-order valence-electron chi connectivity index (χ2n) is 6.54. The van der Waals surface area contributed by atoms with E-state index in [9.17, 15) is 0 Å². The van der Waals surface area contributed by atoms with E-state index in [-0.39, 0.29) is 0 Å². The van der Waals surface area contributed by atoms with Crippen LogP contribution in [-0.4, -0.2) is 58.6 Å². The number of hydrogen-bond donors (Lipinski definition) is 2. The predicted octanol–water partition coefficient (Wildman–Crippen LogP) is 2.31. The molecule has 0 atom stereocenters. The standard InChI is InChI=1S/C22H32N4O4/c1-17-7-8-18(20(14-17)29-12-10-27-3)15-25-22(23-2)26-16-19-6-5-9-24-21(19)30-13-11-28-4/h5-9,14H,10-13,15-16H2,1-4H3,(H2,23,25,26). The average Bonchev–Trinajstić information content (AvgIpc) is 2.76. The lowest BCUT2D eigenvalue weighted by Gasteiger charge is -2.16. The molecule has 0 amide bonds. The molecule has 2 rings (SSSR count). The van der Waals surface area contributed by atoms with E-state index in [2.05, 4.69) is 32.7 Å². The van der Waals surface area contributed by atoms with Gasteiger partial charge in [-0.2, -0.15) is 0 Å². The van der Waals surface area contributed by atoms with E-state index < -0.39 is 0 Å². The van der Waals surface area contributed by atoms with Crippen molar-refractivity contribution in [2.75, 3.05) is 47.7 Å². The van der Waals surface area contributed by atoms with Gasteiger partial charge in [-0.15, -0.1) is 0 Å². The molecule has 2 aromatic rings. The molecule has 8 heteroatoms. The quantitative estimate of drug-likeness (QED) is 0.312. The number of guanidine groups is 1. The van der Waals surface area contributed by atoms with Gasteiger partial charge in [0.15, 0.2) is 5.96 Å². The number of pyridine rings is 1. The van der Waals surface area contributed by atoms with Crippen LogP contribution in [0, 0.1) is 6.92 Å². The van der Waals surface area contributed by atoms with Crippen LogP contribution in [0.25, 0.3) is 0 Å². The maximum Gasteiger partial charge on any atom is 0.218 e. The largest absolute Gasteiger partial charge is 0.491 e. The third-order valence-electron chi connectivity index (χ3n) is 4.26. The number of nitrogens with one attached hydrogen (secondary N) is 2. The van der Waals surface area contributed by atoms with Gasteiger partial charge in [0, 0.05) is 51.7 Å². The summed E-state index contributed by atoms with van der Waals surface area (Å²) in [7, 11) is 5.04. The van der Waals surface area contributed by atoms with Crippen molar-refractivity contribution in [3.63, 3.8) is 0 Å². The molecule has 0 aliphatic heterocycles. The summed E-state index contributed by atoms with van der Waals surface area (Å²) in [6.45, 7) is 5.16. The molecule has 0 spiro atoms. The Balaban J connectivity index is 1.93. The zero-order chi connectivity index (χ0) is 21.6. The predicted molar refractivity (Wildman–Crippen MR) is 117 cm³/mol. The van der Waals surface area contributed by atoms with Gasteiger partial charge in [-0.25, -0.2) is 4.98 Å². The number of aryl methyl sites for hydroxylation is 1. The number of ether oxygens (including phenoxy) is 4. The van der Waals surface area contributed by atoms with Crippen LogP contribution in [0.15, 0.2) is 41.5 Å². The Kier molecular flexibility index (Phi) is 10.5. The zero-order valence-electron chi connectivity index (χ0n) is 18.2. The van der Waals surface area contributed by atoms with E-state index in [1.807, 2.05) is 25.1 Å². The minimum Gasteiger partial charge on any atom is -0.491 e. The highest BCUT2D eigenvalue weighted by molar-refractivity contribution is 5.79. The normalized spacial score (nSPS) is 11.3. The molecule has 0 aliphatic carbocycles. The van der Waals surface area contributed by atoms with Crippen LogP contribution >= 0.6 is 0 Å². The minimum atomic E-state index is 0.451. The summed E-state index contributed by atoms with van der Waals surface area (Å²) in [5.41, 5.74) is 3.13. The number of rotatable bonds is 12. The lowest BCUT2D eigenvalue weighted by molar-refractivity contribution is 0.143. The molecule has 0 bridgehead atoms. The summed E-state index contributed by atoms with van der Waals surface area (Å²) in [4.78, 5) is 8.60. The molecule has 1 heterocycles. The Bertz CT molecular complexity index is 798. The van der Waals surface area contributed by atoms with Gasteiger partial charge in [0.05, 0.1) is 13.2 Å². The van der Waals surface area contributed by atoms with Gasteiger partial charge in [0.2, 0.25) is 5.88 Å². The molecule has 1 aromatic carbocycles. The molecule has 0 radical (unpaired) electrons. The van der Waals surface area contributed by atoms with Gasteiger partial charge in [-0.3, -0.25) is 4.99 Å². The Morgan fingerprint density at radius 2 is 1.63 bits per heavy atom. The van der Waals surface area contributed by atoms with E-state index in [0.717, 1.165) is 22.4 Å². The fraction of sp³-hybridized carbons (Fsp3) is 0.455. The van der Waals surface area contributed by atoms with E-state index in [1.54, 1.807) is 27.5 Å². The van der Waals surface area contributed by atoms with Crippen molar-refractivity contribution < 1.29 is 18.9 Å². The lowest BCUT2D eigenvalue weighted by atomic mass is 10.1. The first kappa shape index (κ1) is 23.4. The first-order valence-electron chi connectivity index (χ1n) is 9.89. The third-order valence-corrected chi connectivity index (χ3v) is 4.26. The van der Waals surface area contributed by atoms with Crippen LogP contribution in [-0.2, 0) is 22.6 Å². The maximum absolute atomic E-state index is 5.86. The van der Waals surface area contributed by atoms with Gasteiger partial charge in [0.1, 0.15) is 19.0 Å². The number of methoxy groups -OCH3 is 2. The first-order chi connectivity index (χ1) is 14.7. The maximum atomic E-state index is 5.86. The molecule has 8 nitrogen and oxygen atoms in total. The Labute approximate surface area is 178 Å². The summed E-state index contributed by atoms with van der Waals surface area (Å²) in [6.07, 6.45) is 1.71. The summed E-state index contributed by atoms with van der Waals surface area (Å²) in [5, 5.41) is 6.62. The van der Waals surface area contributed by atoms with Crippen LogP contribution in [0.3, 0.4) is 0 Å². The lowest BCUT2D eigenvalue weighted by Crippen LogP contribution is -2.36. The van der Waals surface area contributed by atoms with Gasteiger partial charge >= 0.3 is 0 Å². The van der Waals surface area contributed by atoms with Gasteiger partial charge in [-0.05, 0) is 24.6 Å². The zero-order valence-corrected chi connectivity index (χ0v) is 18.2. The van der Waals surface area contributed by atoms with E-state index in [1.165, 1.54) is 0 Å². The number of benzene rings is 1. The van der Waals surface area contributed by atoms with Crippen LogP contribution in [0.2, 0.25) is 0 Å². The Morgan fingerprint density at radius 1 is 0.933 bits per heavy atom. The number of hydrogen-bond acceptors (Lipinski definition) is 6. The van der Waals surface area contributed by atoms with Gasteiger partial charge in [-0.1, -0.05) is 18.2 Å². The second kappa shape index (κ2) is 13.4. The number of nitrogens with zero attached hydrogens (tertiary/aromatic N) is 2. The van der Waals surface area contributed by atoms with Gasteiger partial charge in [0.25, 0.3) is 0 Å². The SMILES string of the molecule is CN=C(NCc1ccc(C)cc1OCCOC)NCc1cccnc1OCCOC. The van der Waals surface area contributed by atoms with E-state index >= 15 is 0 Å². The van der Waals surface area contributed by atoms with Crippen molar-refractivity contribution >= 4 is 5.96 Å². The van der Waals surface area contributed by atoms with Crippen molar-refractivity contribution in [1.82, 2.24) is 15.6 Å². The molecular weight excluding hydrogens is 384 g/mol. The van der Waals surface area contributed by atoms with Crippen LogP contribution < -0.4 is 20.1 Å². The average molecular weight is 417 g/mol. The van der Waals surface area contributed by atoms with E-state index in [0.29, 0.717) is 51.4 Å². The highest BCUT2D eigenvalue weighted by atomic mass is 16.5. The molecule has 0 saturated carbocycles. The van der Waals surface area contributed by atoms with Crippen molar-refractivity contribution in [3.8, 4) is 11.6 Å². The van der Waals surface area contributed by atoms with Crippen LogP contribution in [0.4, 0.5) is 0 Å². The van der Waals surface area contributed by atoms with Gasteiger partial charge < -0.3 is 29.6 Å². The molecule has 0 saturated heterocycles. The van der Waals surface area contributed by atoms with Crippen molar-refractivity contribution in [1.29, 1.82) is 0 Å². The fourth-order valence-electron chi connectivity index (χ4n) is 2.67. The Morgan fingerprint density at radius 3 is 2.33 bits per heavy atom. The summed E-state index contributed by atoms with van der Waals surface area (Å²) >= 11 is 0. The molecule has 2 N–H and O–H groups in total. The summed E-state index contributed by atoms with van der Waals surface area (Å²) in [6, 6.07) is 10.0. The summed E-state index contributed by atoms with van der Waals surface area (Å²) in [5.74, 6) is 2.10. The second-order valence-corrected chi connectivity index (χ2v) is 6.54. The monoisotopic (exact) mass is 416 g/mol. The molecule has 0 fully saturated rings. The van der Waals surface area contributed by atoms with Crippen molar-refractivity contribution in [2.45, 2.75) is 20.0 Å². The molecule has 30 heavy (non-hydrogen) atoms. The van der Waals surface area contributed by atoms with E-state index in [4.69, 9.17) is 18.9 Å². The summed E-state index contributed by atoms with van der Waals surface area (Å²) < 4.78 is 21.6. The highest BCUT2D eigenvalue weighted by Gasteiger charge is 2.08. The first-order valence-corrected chi connectivity index (χ1v) is 9.89. The topological polar surface area (TPSA) is 86.2 Å². The molecule has 0 unspecified atom stereocenters. The third kappa shape index (κ3) is 7.88. The molecule has 0 aliphatic rings. The fourth-order valence-corrected chi connectivity index (χ4v) is 2.67. The van der Waals surface area contributed by atoms with Crippen molar-refractivity contribution in [2.24, 2.45) is 4.99 Å². The highest BCUT2D eigenvalue weighted by Crippen LogP contribution is 2.20.